The van der Waals surface area contributed by atoms with Crippen LogP contribution in [0.3, 0.4) is 0 Å². The van der Waals surface area contributed by atoms with Crippen LogP contribution in [0.25, 0.3) is 0 Å². The zero-order valence-electron chi connectivity index (χ0n) is 14.6. The van der Waals surface area contributed by atoms with Crippen molar-refractivity contribution in [2.75, 3.05) is 21.3 Å². The monoisotopic (exact) mass is 316 g/mol. The first-order valence-electron chi connectivity index (χ1n) is 7.75. The van der Waals surface area contributed by atoms with Crippen molar-refractivity contribution in [1.29, 1.82) is 0 Å². The van der Waals surface area contributed by atoms with Gasteiger partial charge in [-0.3, -0.25) is 0 Å². The van der Waals surface area contributed by atoms with Gasteiger partial charge in [0.2, 0.25) is 0 Å². The van der Waals surface area contributed by atoms with Crippen LogP contribution in [-0.2, 0) is 13.1 Å². The molecule has 0 atom stereocenters. The summed E-state index contributed by atoms with van der Waals surface area (Å²) in [7, 11) is 5.06. The van der Waals surface area contributed by atoms with Crippen LogP contribution in [0.5, 0.6) is 17.2 Å². The summed E-state index contributed by atoms with van der Waals surface area (Å²) in [6, 6.07) is 10.3. The average Bonchev–Trinajstić information content (AvgIpc) is 2.57. The SMILES string of the molecule is COc1ccc(C[NH2+]Cc2cc(C)c(OC)cc2C)c(OC)c1. The van der Waals surface area contributed by atoms with Gasteiger partial charge in [0.1, 0.15) is 30.3 Å². The fourth-order valence-electron chi connectivity index (χ4n) is 2.69. The van der Waals surface area contributed by atoms with Crippen molar-refractivity contribution in [3.8, 4) is 17.2 Å². The summed E-state index contributed by atoms with van der Waals surface area (Å²) in [6.07, 6.45) is 0. The molecule has 4 nitrogen and oxygen atoms in total. The highest BCUT2D eigenvalue weighted by Crippen LogP contribution is 2.24. The molecule has 4 heteroatoms. The van der Waals surface area contributed by atoms with Crippen molar-refractivity contribution in [1.82, 2.24) is 0 Å². The molecule has 0 aromatic heterocycles. The van der Waals surface area contributed by atoms with Crippen molar-refractivity contribution >= 4 is 0 Å². The van der Waals surface area contributed by atoms with Crippen molar-refractivity contribution in [2.45, 2.75) is 26.9 Å². The van der Waals surface area contributed by atoms with Crippen LogP contribution in [-0.4, -0.2) is 21.3 Å². The maximum absolute atomic E-state index is 5.45. The van der Waals surface area contributed by atoms with Crippen LogP contribution < -0.4 is 19.5 Å². The van der Waals surface area contributed by atoms with Gasteiger partial charge in [0.15, 0.2) is 0 Å². The number of aryl methyl sites for hydroxylation is 2. The summed E-state index contributed by atoms with van der Waals surface area (Å²) in [5, 5.41) is 2.28. The fourth-order valence-corrected chi connectivity index (χ4v) is 2.69. The normalized spacial score (nSPS) is 10.5. The Balaban J connectivity index is 2.04. The number of hydrogen-bond donors (Lipinski definition) is 1. The molecule has 0 heterocycles. The number of nitrogens with two attached hydrogens (primary N) is 1. The second-order valence-corrected chi connectivity index (χ2v) is 5.62. The number of rotatable bonds is 7. The Kier molecular flexibility index (Phi) is 5.88. The highest BCUT2D eigenvalue weighted by Gasteiger charge is 2.09. The second-order valence-electron chi connectivity index (χ2n) is 5.62. The van der Waals surface area contributed by atoms with E-state index < -0.39 is 0 Å². The van der Waals surface area contributed by atoms with E-state index in [2.05, 4.69) is 37.4 Å². The maximum Gasteiger partial charge on any atom is 0.131 e. The minimum Gasteiger partial charge on any atom is -0.497 e. The molecule has 124 valence electrons. The van der Waals surface area contributed by atoms with Crippen LogP contribution in [0.15, 0.2) is 30.3 Å². The molecule has 23 heavy (non-hydrogen) atoms. The smallest absolute Gasteiger partial charge is 0.131 e. The van der Waals surface area contributed by atoms with Crippen molar-refractivity contribution in [3.05, 3.63) is 52.6 Å². The van der Waals surface area contributed by atoms with Crippen molar-refractivity contribution < 1.29 is 19.5 Å². The van der Waals surface area contributed by atoms with E-state index in [1.807, 2.05) is 12.1 Å². The molecule has 0 aliphatic carbocycles. The number of methoxy groups -OCH3 is 3. The largest absolute Gasteiger partial charge is 0.497 e. The number of quaternary nitrogens is 1. The standard InChI is InChI=1S/C19H25NO3/c1-13-9-18(22-4)14(2)8-16(13)12-20-11-15-6-7-17(21-3)10-19(15)23-5/h6-10,20H,11-12H2,1-5H3/p+1. The molecule has 0 radical (unpaired) electrons. The van der Waals surface area contributed by atoms with E-state index in [0.29, 0.717) is 0 Å². The molecular formula is C19H26NO3+. The molecule has 0 bridgehead atoms. The van der Waals surface area contributed by atoms with Crippen LogP contribution >= 0.6 is 0 Å². The van der Waals surface area contributed by atoms with Crippen molar-refractivity contribution in [3.63, 3.8) is 0 Å². The van der Waals surface area contributed by atoms with Crippen LogP contribution in [0, 0.1) is 13.8 Å². The minimum atomic E-state index is 0.812. The molecule has 0 fully saturated rings. The first-order valence-corrected chi connectivity index (χ1v) is 7.75. The lowest BCUT2D eigenvalue weighted by atomic mass is 10.0. The first kappa shape index (κ1) is 17.2. The number of benzene rings is 2. The Hall–Kier alpha value is -2.20. The quantitative estimate of drug-likeness (QED) is 0.854. The summed E-state index contributed by atoms with van der Waals surface area (Å²) in [4.78, 5) is 0. The molecule has 2 rings (SSSR count). The van der Waals surface area contributed by atoms with E-state index in [4.69, 9.17) is 14.2 Å². The third kappa shape index (κ3) is 4.17. The van der Waals surface area contributed by atoms with E-state index in [9.17, 15) is 0 Å². The third-order valence-electron chi connectivity index (χ3n) is 4.08. The van der Waals surface area contributed by atoms with Gasteiger partial charge in [-0.25, -0.2) is 0 Å². The van der Waals surface area contributed by atoms with Gasteiger partial charge in [0.05, 0.1) is 21.3 Å². The highest BCUT2D eigenvalue weighted by atomic mass is 16.5. The molecule has 0 spiro atoms. The summed E-state index contributed by atoms with van der Waals surface area (Å²) < 4.78 is 16.0. The number of hydrogen-bond acceptors (Lipinski definition) is 3. The zero-order valence-corrected chi connectivity index (χ0v) is 14.6. The van der Waals surface area contributed by atoms with E-state index >= 15 is 0 Å². The Bertz CT molecular complexity index is 668. The lowest BCUT2D eigenvalue weighted by Gasteiger charge is -2.12. The Morgan fingerprint density at radius 2 is 1.43 bits per heavy atom. The van der Waals surface area contributed by atoms with E-state index in [0.717, 1.165) is 35.9 Å². The van der Waals surface area contributed by atoms with Gasteiger partial charge in [-0.2, -0.15) is 0 Å². The molecule has 2 aromatic rings. The average molecular weight is 316 g/mol. The molecule has 0 amide bonds. The molecule has 0 aliphatic heterocycles. The van der Waals surface area contributed by atoms with Gasteiger partial charge >= 0.3 is 0 Å². The summed E-state index contributed by atoms with van der Waals surface area (Å²) >= 11 is 0. The third-order valence-corrected chi connectivity index (χ3v) is 4.08. The predicted octanol–water partition coefficient (Wildman–Crippen LogP) is 2.59. The summed E-state index contributed by atoms with van der Waals surface area (Å²) in [5.41, 5.74) is 4.92. The fraction of sp³-hybridized carbons (Fsp3) is 0.368. The topological polar surface area (TPSA) is 44.3 Å². The van der Waals surface area contributed by atoms with Gasteiger partial charge in [-0.1, -0.05) is 0 Å². The lowest BCUT2D eigenvalue weighted by Crippen LogP contribution is -2.80. The Morgan fingerprint density at radius 3 is 2.09 bits per heavy atom. The Morgan fingerprint density at radius 1 is 0.739 bits per heavy atom. The molecular weight excluding hydrogens is 290 g/mol. The second kappa shape index (κ2) is 7.88. The minimum absolute atomic E-state index is 0.812. The summed E-state index contributed by atoms with van der Waals surface area (Å²) in [5.74, 6) is 2.62. The summed E-state index contributed by atoms with van der Waals surface area (Å²) in [6.45, 7) is 5.98. The van der Waals surface area contributed by atoms with Gasteiger partial charge in [-0.05, 0) is 49.2 Å². The lowest BCUT2D eigenvalue weighted by molar-refractivity contribution is -0.686. The highest BCUT2D eigenvalue weighted by molar-refractivity contribution is 5.41. The molecule has 0 saturated carbocycles. The van der Waals surface area contributed by atoms with E-state index in [-0.39, 0.29) is 0 Å². The molecule has 2 aromatic carbocycles. The van der Waals surface area contributed by atoms with Crippen LogP contribution in [0.1, 0.15) is 22.3 Å². The van der Waals surface area contributed by atoms with Crippen LogP contribution in [0.2, 0.25) is 0 Å². The molecule has 2 N–H and O–H groups in total. The number of ether oxygens (including phenoxy) is 3. The predicted molar refractivity (Wildman–Crippen MR) is 91.3 cm³/mol. The Labute approximate surface area is 138 Å². The first-order chi connectivity index (χ1) is 11.1. The van der Waals surface area contributed by atoms with Gasteiger partial charge in [0, 0.05) is 17.2 Å². The molecule has 0 saturated heterocycles. The van der Waals surface area contributed by atoms with E-state index in [1.54, 1.807) is 21.3 Å². The van der Waals surface area contributed by atoms with Gasteiger partial charge in [-0.15, -0.1) is 0 Å². The maximum atomic E-state index is 5.45. The van der Waals surface area contributed by atoms with Gasteiger partial charge < -0.3 is 19.5 Å². The van der Waals surface area contributed by atoms with Crippen LogP contribution in [0.4, 0.5) is 0 Å². The van der Waals surface area contributed by atoms with Crippen molar-refractivity contribution in [2.24, 2.45) is 0 Å². The van der Waals surface area contributed by atoms with E-state index in [1.165, 1.54) is 16.7 Å². The van der Waals surface area contributed by atoms with Gasteiger partial charge in [0.25, 0.3) is 0 Å². The zero-order chi connectivity index (χ0) is 16.8. The molecule has 0 aliphatic rings. The molecule has 0 unspecified atom stereocenters.